The number of rotatable bonds is 2. The van der Waals surface area contributed by atoms with Crippen molar-refractivity contribution in [2.45, 2.75) is 32.5 Å². The van der Waals surface area contributed by atoms with E-state index in [2.05, 4.69) is 4.74 Å². The largest absolute Gasteiger partial charge is 0.488 e. The Balaban J connectivity index is 2.40. The van der Waals surface area contributed by atoms with Crippen molar-refractivity contribution in [1.82, 2.24) is 0 Å². The second-order valence-electron chi connectivity index (χ2n) is 5.66. The zero-order chi connectivity index (χ0) is 16.7. The van der Waals surface area contributed by atoms with Crippen molar-refractivity contribution in [3.05, 3.63) is 29.3 Å². The van der Waals surface area contributed by atoms with Gasteiger partial charge in [0, 0.05) is 6.42 Å². The highest BCUT2D eigenvalue weighted by Gasteiger charge is 2.44. The second-order valence-corrected chi connectivity index (χ2v) is 5.66. The highest BCUT2D eigenvalue weighted by molar-refractivity contribution is 6.00. The molecule has 0 saturated carbocycles. The maximum absolute atomic E-state index is 12.8. The number of benzene rings is 1. The number of carbonyl (C=O) groups is 2. The van der Waals surface area contributed by atoms with Gasteiger partial charge in [-0.15, -0.1) is 0 Å². The smallest absolute Gasteiger partial charge is 0.416 e. The minimum atomic E-state index is -4.54. The number of Topliss-reactive ketones (excluding diaryl/α,β-unsaturated/α-hetero) is 1. The highest BCUT2D eigenvalue weighted by atomic mass is 19.4. The van der Waals surface area contributed by atoms with E-state index in [4.69, 9.17) is 4.74 Å². The highest BCUT2D eigenvalue weighted by Crippen LogP contribution is 2.39. The van der Waals surface area contributed by atoms with Crippen LogP contribution in [0.15, 0.2) is 18.2 Å². The second kappa shape index (κ2) is 5.30. The topological polar surface area (TPSA) is 52.6 Å². The lowest BCUT2D eigenvalue weighted by Gasteiger charge is -2.35. The lowest BCUT2D eigenvalue weighted by molar-refractivity contribution is -0.156. The molecule has 120 valence electrons. The summed E-state index contributed by atoms with van der Waals surface area (Å²) in [5.74, 6) is -1.12. The lowest BCUT2D eigenvalue weighted by Crippen LogP contribution is -2.45. The monoisotopic (exact) mass is 316 g/mol. The molecule has 0 unspecified atom stereocenters. The van der Waals surface area contributed by atoms with Gasteiger partial charge in [-0.05, 0) is 32.0 Å². The predicted molar refractivity (Wildman–Crippen MR) is 70.6 cm³/mol. The summed E-state index contributed by atoms with van der Waals surface area (Å²) in [5.41, 5.74) is -1.98. The predicted octanol–water partition coefficient (Wildman–Crippen LogP) is 3.24. The lowest BCUT2D eigenvalue weighted by atomic mass is 9.81. The molecule has 1 aromatic carbocycles. The fourth-order valence-corrected chi connectivity index (χ4v) is 2.30. The molecular formula is C15H15F3O4. The third-order valence-corrected chi connectivity index (χ3v) is 3.77. The van der Waals surface area contributed by atoms with Gasteiger partial charge in [0.25, 0.3) is 0 Å². The summed E-state index contributed by atoms with van der Waals surface area (Å²) >= 11 is 0. The fourth-order valence-electron chi connectivity index (χ4n) is 2.30. The minimum Gasteiger partial charge on any atom is -0.488 e. The minimum absolute atomic E-state index is 0.0879. The SMILES string of the molecule is COC(=O)C(C)(C)[C@H]1CC(=O)c2ccc(C(F)(F)F)cc2O1. The number of alkyl halides is 3. The number of esters is 1. The van der Waals surface area contributed by atoms with E-state index >= 15 is 0 Å². The molecule has 0 amide bonds. The van der Waals surface area contributed by atoms with Crippen molar-refractivity contribution < 1.29 is 32.2 Å². The van der Waals surface area contributed by atoms with E-state index in [0.717, 1.165) is 18.2 Å². The van der Waals surface area contributed by atoms with Crippen molar-refractivity contribution in [3.63, 3.8) is 0 Å². The number of ketones is 1. The van der Waals surface area contributed by atoms with Crippen LogP contribution >= 0.6 is 0 Å². The number of hydrogen-bond donors (Lipinski definition) is 0. The van der Waals surface area contributed by atoms with E-state index in [1.54, 1.807) is 0 Å². The van der Waals surface area contributed by atoms with E-state index in [1.807, 2.05) is 0 Å². The van der Waals surface area contributed by atoms with Gasteiger partial charge in [-0.1, -0.05) is 0 Å². The van der Waals surface area contributed by atoms with Crippen molar-refractivity contribution in [1.29, 1.82) is 0 Å². The Morgan fingerprint density at radius 1 is 1.32 bits per heavy atom. The Bertz CT molecular complexity index is 620. The van der Waals surface area contributed by atoms with Gasteiger partial charge in [0.1, 0.15) is 11.9 Å². The molecule has 0 aliphatic carbocycles. The molecule has 2 rings (SSSR count). The maximum Gasteiger partial charge on any atom is 0.416 e. The van der Waals surface area contributed by atoms with E-state index in [-0.39, 0.29) is 23.5 Å². The van der Waals surface area contributed by atoms with Crippen LogP contribution in [0.2, 0.25) is 0 Å². The average Bonchev–Trinajstić information content (AvgIpc) is 2.44. The molecule has 0 aromatic heterocycles. The maximum atomic E-state index is 12.8. The van der Waals surface area contributed by atoms with Gasteiger partial charge in [-0.2, -0.15) is 13.2 Å². The van der Waals surface area contributed by atoms with E-state index in [0.29, 0.717) is 0 Å². The quantitative estimate of drug-likeness (QED) is 0.786. The molecule has 0 N–H and O–H groups in total. The third kappa shape index (κ3) is 2.80. The summed E-state index contributed by atoms with van der Waals surface area (Å²) in [5, 5.41) is 0. The molecule has 0 spiro atoms. The molecular weight excluding hydrogens is 301 g/mol. The molecule has 1 aromatic rings. The first-order valence-corrected chi connectivity index (χ1v) is 6.57. The number of hydrogen-bond acceptors (Lipinski definition) is 4. The normalized spacial score (nSPS) is 18.5. The van der Waals surface area contributed by atoms with E-state index in [1.165, 1.54) is 21.0 Å². The van der Waals surface area contributed by atoms with Gasteiger partial charge < -0.3 is 9.47 Å². The molecule has 1 heterocycles. The van der Waals surface area contributed by atoms with Crippen LogP contribution < -0.4 is 4.74 Å². The number of fused-ring (bicyclic) bond motifs is 1. The van der Waals surface area contributed by atoms with E-state index < -0.39 is 29.2 Å². The first-order chi connectivity index (χ1) is 10.1. The zero-order valence-corrected chi connectivity index (χ0v) is 12.3. The van der Waals surface area contributed by atoms with Crippen molar-refractivity contribution in [2.24, 2.45) is 5.41 Å². The average molecular weight is 316 g/mol. The van der Waals surface area contributed by atoms with Gasteiger partial charge in [-0.3, -0.25) is 9.59 Å². The molecule has 1 aliphatic rings. The van der Waals surface area contributed by atoms with Crippen LogP contribution in [-0.2, 0) is 15.7 Å². The van der Waals surface area contributed by atoms with Gasteiger partial charge in [0.05, 0.1) is 23.7 Å². The number of halogens is 3. The number of carbonyl (C=O) groups excluding carboxylic acids is 2. The van der Waals surface area contributed by atoms with Crippen LogP contribution in [0.4, 0.5) is 13.2 Å². The van der Waals surface area contributed by atoms with Gasteiger partial charge in [0.2, 0.25) is 0 Å². The molecule has 1 aliphatic heterocycles. The summed E-state index contributed by atoms with van der Waals surface area (Å²) < 4.78 is 48.4. The number of ether oxygens (including phenoxy) is 2. The zero-order valence-electron chi connectivity index (χ0n) is 12.3. The van der Waals surface area contributed by atoms with Crippen LogP contribution in [0.3, 0.4) is 0 Å². The van der Waals surface area contributed by atoms with Crippen molar-refractivity contribution in [2.75, 3.05) is 7.11 Å². The van der Waals surface area contributed by atoms with Crippen LogP contribution in [0.5, 0.6) is 5.75 Å². The summed E-state index contributed by atoms with van der Waals surface area (Å²) in [4.78, 5) is 23.9. The molecule has 22 heavy (non-hydrogen) atoms. The van der Waals surface area contributed by atoms with Gasteiger partial charge in [0.15, 0.2) is 5.78 Å². The Hall–Kier alpha value is -2.05. The first-order valence-electron chi connectivity index (χ1n) is 6.57. The molecule has 7 heteroatoms. The molecule has 4 nitrogen and oxygen atoms in total. The molecule has 1 atom stereocenters. The van der Waals surface area contributed by atoms with Crippen LogP contribution in [0.1, 0.15) is 36.2 Å². The molecule has 0 bridgehead atoms. The first kappa shape index (κ1) is 16.3. The van der Waals surface area contributed by atoms with Crippen molar-refractivity contribution in [3.8, 4) is 5.75 Å². The Morgan fingerprint density at radius 3 is 2.50 bits per heavy atom. The summed E-state index contributed by atoms with van der Waals surface area (Å²) in [6.45, 7) is 3.05. The fraction of sp³-hybridized carbons (Fsp3) is 0.467. The van der Waals surface area contributed by atoms with Gasteiger partial charge >= 0.3 is 12.1 Å². The summed E-state index contributed by atoms with van der Waals surface area (Å²) in [7, 11) is 1.20. The van der Waals surface area contributed by atoms with Gasteiger partial charge in [-0.25, -0.2) is 0 Å². The Morgan fingerprint density at radius 2 is 1.95 bits per heavy atom. The third-order valence-electron chi connectivity index (χ3n) is 3.77. The number of methoxy groups -OCH3 is 1. The Labute approximate surface area is 125 Å². The standard InChI is InChI=1S/C15H15F3O4/c1-14(2,13(20)21-3)12-7-10(19)9-5-4-8(15(16,17)18)6-11(9)22-12/h4-6,12H,7H2,1-3H3/t12-/m1/s1. The Kier molecular flexibility index (Phi) is 3.93. The molecule has 0 fully saturated rings. The molecule has 0 radical (unpaired) electrons. The van der Waals surface area contributed by atoms with E-state index in [9.17, 15) is 22.8 Å². The van der Waals surface area contributed by atoms with Crippen LogP contribution in [-0.4, -0.2) is 25.0 Å². The van der Waals surface area contributed by atoms with Crippen LogP contribution in [0, 0.1) is 5.41 Å². The van der Waals surface area contributed by atoms with Crippen LogP contribution in [0.25, 0.3) is 0 Å². The summed E-state index contributed by atoms with van der Waals surface area (Å²) in [6.07, 6.45) is -5.52. The summed E-state index contributed by atoms with van der Waals surface area (Å²) in [6, 6.07) is 2.72. The van der Waals surface area contributed by atoms with Crippen molar-refractivity contribution >= 4 is 11.8 Å². The molecule has 0 saturated heterocycles.